The lowest BCUT2D eigenvalue weighted by molar-refractivity contribution is -0.158. The van der Waals surface area contributed by atoms with E-state index in [1.165, 1.54) is 0 Å². The third-order valence-corrected chi connectivity index (χ3v) is 2.86. The quantitative estimate of drug-likeness (QED) is 0.664. The molecule has 5 nitrogen and oxygen atoms in total. The van der Waals surface area contributed by atoms with E-state index in [9.17, 15) is 4.79 Å². The Morgan fingerprint density at radius 2 is 2.13 bits per heavy atom. The highest BCUT2D eigenvalue weighted by Gasteiger charge is 2.35. The van der Waals surface area contributed by atoms with Gasteiger partial charge in [-0.05, 0) is 6.42 Å². The highest BCUT2D eigenvalue weighted by molar-refractivity contribution is 5.78. The molecule has 1 rings (SSSR count). The summed E-state index contributed by atoms with van der Waals surface area (Å²) >= 11 is 0. The van der Waals surface area contributed by atoms with Crippen LogP contribution in [0.5, 0.6) is 0 Å². The Kier molecular flexibility index (Phi) is 4.50. The third-order valence-electron chi connectivity index (χ3n) is 2.86. The van der Waals surface area contributed by atoms with Crippen LogP contribution in [-0.4, -0.2) is 37.4 Å². The molecule has 0 saturated carbocycles. The third kappa shape index (κ3) is 3.15. The van der Waals surface area contributed by atoms with E-state index in [1.807, 2.05) is 6.92 Å². The lowest BCUT2D eigenvalue weighted by Crippen LogP contribution is -2.50. The van der Waals surface area contributed by atoms with Gasteiger partial charge in [-0.1, -0.05) is 6.92 Å². The van der Waals surface area contributed by atoms with Crippen molar-refractivity contribution >= 4 is 5.91 Å². The van der Waals surface area contributed by atoms with Crippen molar-refractivity contribution in [3.05, 3.63) is 0 Å². The maximum Gasteiger partial charge on any atom is 0.246 e. The molecule has 1 fully saturated rings. The molecule has 15 heavy (non-hydrogen) atoms. The largest absolute Gasteiger partial charge is 0.381 e. The van der Waals surface area contributed by atoms with E-state index >= 15 is 0 Å². The van der Waals surface area contributed by atoms with Gasteiger partial charge in [0.15, 0.2) is 0 Å². The molecule has 0 bridgehead atoms. The molecule has 88 valence electrons. The molecular formula is C10H20N2O3. The van der Waals surface area contributed by atoms with Gasteiger partial charge in [-0.25, -0.2) is 0 Å². The van der Waals surface area contributed by atoms with Crippen LogP contribution in [0.2, 0.25) is 0 Å². The molecule has 0 radical (unpaired) electrons. The summed E-state index contributed by atoms with van der Waals surface area (Å²) in [5.74, 6) is -0.420. The van der Waals surface area contributed by atoms with Crippen molar-refractivity contribution < 1.29 is 14.3 Å². The topological polar surface area (TPSA) is 87.6 Å². The highest BCUT2D eigenvalue weighted by Crippen LogP contribution is 2.26. The zero-order valence-corrected chi connectivity index (χ0v) is 9.20. The molecule has 1 saturated heterocycles. The van der Waals surface area contributed by atoms with Crippen molar-refractivity contribution in [1.29, 1.82) is 0 Å². The molecule has 1 unspecified atom stereocenters. The Hall–Kier alpha value is -0.650. The first-order valence-corrected chi connectivity index (χ1v) is 5.38. The second kappa shape index (κ2) is 5.44. The number of carbonyl (C=O) groups is 1. The van der Waals surface area contributed by atoms with E-state index in [0.717, 1.165) is 12.8 Å². The number of primary amides is 1. The predicted octanol–water partition coefficient (Wildman–Crippen LogP) is -0.225. The summed E-state index contributed by atoms with van der Waals surface area (Å²) < 4.78 is 11.0. The van der Waals surface area contributed by atoms with Crippen molar-refractivity contribution in [2.75, 3.05) is 19.8 Å². The number of ether oxygens (including phenoxy) is 2. The molecule has 0 aromatic carbocycles. The lowest BCUT2D eigenvalue weighted by Gasteiger charge is -2.38. The average molecular weight is 216 g/mol. The van der Waals surface area contributed by atoms with Gasteiger partial charge in [0.2, 0.25) is 5.91 Å². The number of rotatable bonds is 5. The predicted molar refractivity (Wildman–Crippen MR) is 56.2 cm³/mol. The summed E-state index contributed by atoms with van der Waals surface area (Å²) in [7, 11) is 0. The average Bonchev–Trinajstić information content (AvgIpc) is 2.27. The zero-order chi connectivity index (χ0) is 11.3. The minimum absolute atomic E-state index is 0.403. The number of carbonyl (C=O) groups excluding carboxylic acids is 1. The van der Waals surface area contributed by atoms with Gasteiger partial charge in [0.25, 0.3) is 0 Å². The smallest absolute Gasteiger partial charge is 0.246 e. The van der Waals surface area contributed by atoms with Gasteiger partial charge in [0.1, 0.15) is 6.10 Å². The van der Waals surface area contributed by atoms with Gasteiger partial charge in [0.05, 0.1) is 5.60 Å². The number of hydrogen-bond donors (Lipinski definition) is 2. The Morgan fingerprint density at radius 3 is 2.53 bits per heavy atom. The fraction of sp³-hybridized carbons (Fsp3) is 0.900. The molecule has 0 spiro atoms. The van der Waals surface area contributed by atoms with Gasteiger partial charge in [-0.15, -0.1) is 0 Å². The summed E-state index contributed by atoms with van der Waals surface area (Å²) in [6.45, 7) is 3.54. The number of amides is 1. The van der Waals surface area contributed by atoms with Crippen molar-refractivity contribution in [3.63, 3.8) is 0 Å². The van der Waals surface area contributed by atoms with Gasteiger partial charge < -0.3 is 20.9 Å². The maximum absolute atomic E-state index is 11.1. The summed E-state index contributed by atoms with van der Waals surface area (Å²) in [5.41, 5.74) is 10.5. The molecule has 0 aliphatic carbocycles. The van der Waals surface area contributed by atoms with Crippen LogP contribution in [0.25, 0.3) is 0 Å². The first-order chi connectivity index (χ1) is 7.13. The second-order valence-electron chi connectivity index (χ2n) is 3.92. The van der Waals surface area contributed by atoms with E-state index in [1.54, 1.807) is 0 Å². The van der Waals surface area contributed by atoms with E-state index in [0.29, 0.717) is 26.2 Å². The van der Waals surface area contributed by atoms with E-state index < -0.39 is 17.6 Å². The summed E-state index contributed by atoms with van der Waals surface area (Å²) in [4.78, 5) is 11.1. The van der Waals surface area contributed by atoms with Crippen LogP contribution in [0.15, 0.2) is 0 Å². The molecule has 0 aromatic heterocycles. The van der Waals surface area contributed by atoms with Crippen LogP contribution in [0.1, 0.15) is 26.2 Å². The number of hydrogen-bond acceptors (Lipinski definition) is 4. The monoisotopic (exact) mass is 216 g/mol. The maximum atomic E-state index is 11.1. The van der Waals surface area contributed by atoms with Gasteiger partial charge in [-0.3, -0.25) is 4.79 Å². The molecule has 1 heterocycles. The summed E-state index contributed by atoms with van der Waals surface area (Å²) in [6.07, 6.45) is 1.50. The fourth-order valence-corrected chi connectivity index (χ4v) is 1.76. The Balaban J connectivity index is 2.61. The van der Waals surface area contributed by atoms with E-state index in [-0.39, 0.29) is 0 Å². The van der Waals surface area contributed by atoms with Crippen molar-refractivity contribution in [1.82, 2.24) is 0 Å². The van der Waals surface area contributed by atoms with Crippen molar-refractivity contribution in [2.45, 2.75) is 37.9 Å². The van der Waals surface area contributed by atoms with E-state index in [2.05, 4.69) is 0 Å². The zero-order valence-electron chi connectivity index (χ0n) is 9.20. The molecule has 4 N–H and O–H groups in total. The molecule has 1 atom stereocenters. The Morgan fingerprint density at radius 1 is 1.53 bits per heavy atom. The molecular weight excluding hydrogens is 196 g/mol. The van der Waals surface area contributed by atoms with Gasteiger partial charge in [0, 0.05) is 32.6 Å². The van der Waals surface area contributed by atoms with Crippen LogP contribution in [-0.2, 0) is 14.3 Å². The van der Waals surface area contributed by atoms with Gasteiger partial charge in [-0.2, -0.15) is 0 Å². The van der Waals surface area contributed by atoms with Crippen molar-refractivity contribution in [3.8, 4) is 0 Å². The lowest BCUT2D eigenvalue weighted by atomic mass is 9.93. The van der Waals surface area contributed by atoms with Crippen LogP contribution >= 0.6 is 0 Å². The molecule has 1 aliphatic rings. The Bertz CT molecular complexity index is 215. The van der Waals surface area contributed by atoms with Crippen molar-refractivity contribution in [2.24, 2.45) is 11.5 Å². The molecule has 0 aromatic rings. The standard InChI is InChI=1S/C10H20N2O3/c1-2-8(9(12)13)15-10(7-11)3-5-14-6-4-10/h8H,2-7,11H2,1H3,(H2,12,13). The van der Waals surface area contributed by atoms with Crippen LogP contribution < -0.4 is 11.5 Å². The van der Waals surface area contributed by atoms with E-state index in [4.69, 9.17) is 20.9 Å². The number of nitrogens with two attached hydrogens (primary N) is 2. The molecule has 1 amide bonds. The van der Waals surface area contributed by atoms with Crippen LogP contribution in [0.4, 0.5) is 0 Å². The summed E-state index contributed by atoms with van der Waals surface area (Å²) in [6, 6.07) is 0. The molecule has 1 aliphatic heterocycles. The Labute approximate surface area is 90.1 Å². The van der Waals surface area contributed by atoms with Crippen LogP contribution in [0, 0.1) is 0 Å². The minimum atomic E-state index is -0.536. The normalized spacial score (nSPS) is 22.3. The first kappa shape index (κ1) is 12.4. The SMILES string of the molecule is CCC(OC1(CN)CCOCC1)C(N)=O. The fourth-order valence-electron chi connectivity index (χ4n) is 1.76. The highest BCUT2D eigenvalue weighted by atomic mass is 16.5. The van der Waals surface area contributed by atoms with Gasteiger partial charge >= 0.3 is 0 Å². The second-order valence-corrected chi connectivity index (χ2v) is 3.92. The van der Waals surface area contributed by atoms with Crippen LogP contribution in [0.3, 0.4) is 0 Å². The first-order valence-electron chi connectivity index (χ1n) is 5.38. The molecule has 5 heteroatoms. The summed E-state index contributed by atoms with van der Waals surface area (Å²) in [5, 5.41) is 0. The minimum Gasteiger partial charge on any atom is -0.381 e.